The fourth-order valence-corrected chi connectivity index (χ4v) is 3.79. The largest absolute Gasteiger partial charge is 0.363 e. The zero-order valence-electron chi connectivity index (χ0n) is 16.7. The molecule has 0 fully saturated rings. The van der Waals surface area contributed by atoms with E-state index in [0.717, 1.165) is 11.5 Å². The fraction of sp³-hybridized carbons (Fsp3) is 0.389. The SMILES string of the molecule is CC(=O)Nc1ccc(S(=O)(=O)NCCNc2nc(C)cc(N(C)C)n2)c(C)c1. The highest BCUT2D eigenvalue weighted by atomic mass is 32.2. The topological polar surface area (TPSA) is 116 Å². The van der Waals surface area contributed by atoms with E-state index in [-0.39, 0.29) is 17.3 Å². The molecule has 0 spiro atoms. The summed E-state index contributed by atoms with van der Waals surface area (Å²) in [7, 11) is 0.104. The Morgan fingerprint density at radius 1 is 1.11 bits per heavy atom. The van der Waals surface area contributed by atoms with Crippen LogP contribution in [0.2, 0.25) is 0 Å². The summed E-state index contributed by atoms with van der Waals surface area (Å²) in [5.74, 6) is 0.999. The summed E-state index contributed by atoms with van der Waals surface area (Å²) in [6.07, 6.45) is 0. The van der Waals surface area contributed by atoms with E-state index >= 15 is 0 Å². The van der Waals surface area contributed by atoms with Crippen molar-refractivity contribution < 1.29 is 13.2 Å². The van der Waals surface area contributed by atoms with Crippen LogP contribution in [-0.4, -0.2) is 51.5 Å². The number of rotatable bonds is 8. The van der Waals surface area contributed by atoms with E-state index in [9.17, 15) is 13.2 Å². The van der Waals surface area contributed by atoms with E-state index < -0.39 is 10.0 Å². The summed E-state index contributed by atoms with van der Waals surface area (Å²) < 4.78 is 27.6. The third kappa shape index (κ3) is 5.89. The third-order valence-electron chi connectivity index (χ3n) is 3.78. The van der Waals surface area contributed by atoms with Crippen LogP contribution in [0, 0.1) is 13.8 Å². The van der Waals surface area contributed by atoms with Gasteiger partial charge in [0.1, 0.15) is 5.82 Å². The Bertz CT molecular complexity index is 960. The molecule has 0 aliphatic heterocycles. The van der Waals surface area contributed by atoms with Crippen molar-refractivity contribution in [3.63, 3.8) is 0 Å². The van der Waals surface area contributed by atoms with Crippen molar-refractivity contribution in [2.24, 2.45) is 0 Å². The number of amides is 1. The molecule has 1 amide bonds. The molecule has 0 saturated heterocycles. The predicted molar refractivity (Wildman–Crippen MR) is 110 cm³/mol. The van der Waals surface area contributed by atoms with Gasteiger partial charge in [0, 0.05) is 51.6 Å². The van der Waals surface area contributed by atoms with Gasteiger partial charge in [0.2, 0.25) is 21.9 Å². The number of carbonyl (C=O) groups is 1. The van der Waals surface area contributed by atoms with Crippen molar-refractivity contribution in [1.82, 2.24) is 14.7 Å². The molecule has 0 bridgehead atoms. The first-order valence-corrected chi connectivity index (χ1v) is 10.2. The smallest absolute Gasteiger partial charge is 0.240 e. The molecule has 0 unspecified atom stereocenters. The Kier molecular flexibility index (Phi) is 6.92. The Morgan fingerprint density at radius 2 is 1.82 bits per heavy atom. The van der Waals surface area contributed by atoms with Crippen LogP contribution < -0.4 is 20.3 Å². The lowest BCUT2D eigenvalue weighted by Gasteiger charge is -2.14. The van der Waals surface area contributed by atoms with Crippen LogP contribution in [0.1, 0.15) is 18.2 Å². The number of carbonyl (C=O) groups excluding carboxylic acids is 1. The Hall–Kier alpha value is -2.72. The minimum atomic E-state index is -3.67. The molecule has 2 aromatic rings. The summed E-state index contributed by atoms with van der Waals surface area (Å²) in [4.78, 5) is 21.8. The van der Waals surface area contributed by atoms with E-state index in [0.29, 0.717) is 23.7 Å². The standard InChI is InChI=1S/C18H26N6O3S/c1-12-10-15(22-14(3)25)6-7-16(12)28(26,27)20-9-8-19-18-21-13(2)11-17(23-18)24(4)5/h6-7,10-11,20H,8-9H2,1-5H3,(H,22,25)(H,19,21,23). The van der Waals surface area contributed by atoms with Crippen LogP contribution in [0.5, 0.6) is 0 Å². The highest BCUT2D eigenvalue weighted by molar-refractivity contribution is 7.89. The molecule has 1 heterocycles. The van der Waals surface area contributed by atoms with E-state index in [1.165, 1.54) is 13.0 Å². The molecule has 10 heteroatoms. The number of nitrogens with zero attached hydrogens (tertiary/aromatic N) is 3. The molecule has 0 aliphatic rings. The first-order valence-electron chi connectivity index (χ1n) is 8.73. The molecular weight excluding hydrogens is 380 g/mol. The van der Waals surface area contributed by atoms with Gasteiger partial charge in [-0.3, -0.25) is 4.79 Å². The van der Waals surface area contributed by atoms with E-state index in [4.69, 9.17) is 0 Å². The zero-order valence-corrected chi connectivity index (χ0v) is 17.5. The number of nitrogens with one attached hydrogen (secondary N) is 3. The molecular formula is C18H26N6O3S. The summed E-state index contributed by atoms with van der Waals surface area (Å²) in [6, 6.07) is 6.52. The normalized spacial score (nSPS) is 11.2. The first-order chi connectivity index (χ1) is 13.1. The molecule has 3 N–H and O–H groups in total. The van der Waals surface area contributed by atoms with E-state index in [2.05, 4.69) is 25.3 Å². The maximum Gasteiger partial charge on any atom is 0.240 e. The van der Waals surface area contributed by atoms with Gasteiger partial charge in [-0.25, -0.2) is 18.1 Å². The van der Waals surface area contributed by atoms with Crippen molar-refractivity contribution in [3.8, 4) is 0 Å². The summed E-state index contributed by atoms with van der Waals surface area (Å²) in [5.41, 5.74) is 1.92. The number of anilines is 3. The number of aromatic nitrogens is 2. The van der Waals surface area contributed by atoms with Crippen LogP contribution >= 0.6 is 0 Å². The molecule has 0 saturated carbocycles. The average Bonchev–Trinajstić information content (AvgIpc) is 2.57. The van der Waals surface area contributed by atoms with Gasteiger partial charge in [-0.1, -0.05) is 0 Å². The van der Waals surface area contributed by atoms with Gasteiger partial charge in [-0.05, 0) is 37.6 Å². The Labute approximate surface area is 165 Å². The highest BCUT2D eigenvalue weighted by Gasteiger charge is 2.16. The van der Waals surface area contributed by atoms with Crippen LogP contribution in [-0.2, 0) is 14.8 Å². The summed E-state index contributed by atoms with van der Waals surface area (Å²) >= 11 is 0. The Morgan fingerprint density at radius 3 is 2.43 bits per heavy atom. The van der Waals surface area contributed by atoms with Crippen LogP contribution in [0.4, 0.5) is 17.5 Å². The third-order valence-corrected chi connectivity index (χ3v) is 5.41. The summed E-state index contributed by atoms with van der Waals surface area (Å²) in [5, 5.41) is 5.66. The quantitative estimate of drug-likeness (QED) is 0.569. The van der Waals surface area contributed by atoms with Crippen LogP contribution in [0.25, 0.3) is 0 Å². The first kappa shape index (κ1) is 21.6. The molecule has 1 aromatic carbocycles. The number of sulfonamides is 1. The van der Waals surface area contributed by atoms with Crippen LogP contribution in [0.3, 0.4) is 0 Å². The fourth-order valence-electron chi connectivity index (χ4n) is 2.53. The van der Waals surface area contributed by atoms with Gasteiger partial charge in [0.05, 0.1) is 4.90 Å². The maximum absolute atomic E-state index is 12.5. The van der Waals surface area contributed by atoms with Gasteiger partial charge in [-0.15, -0.1) is 0 Å². The minimum absolute atomic E-state index is 0.170. The van der Waals surface area contributed by atoms with Crippen LogP contribution in [0.15, 0.2) is 29.2 Å². The zero-order chi connectivity index (χ0) is 20.9. The van der Waals surface area contributed by atoms with Crippen molar-refractivity contribution in [2.45, 2.75) is 25.7 Å². The number of hydrogen-bond donors (Lipinski definition) is 3. The van der Waals surface area contributed by atoms with Crippen molar-refractivity contribution in [1.29, 1.82) is 0 Å². The second-order valence-electron chi connectivity index (χ2n) is 6.57. The molecule has 0 radical (unpaired) electrons. The summed E-state index contributed by atoms with van der Waals surface area (Å²) in [6.45, 7) is 5.45. The van der Waals surface area contributed by atoms with Gasteiger partial charge < -0.3 is 15.5 Å². The predicted octanol–water partition coefficient (Wildman–Crippen LogP) is 1.51. The Balaban J connectivity index is 1.98. The number of hydrogen-bond acceptors (Lipinski definition) is 7. The van der Waals surface area contributed by atoms with E-state index in [1.807, 2.05) is 32.0 Å². The molecule has 28 heavy (non-hydrogen) atoms. The molecule has 0 aliphatic carbocycles. The lowest BCUT2D eigenvalue weighted by molar-refractivity contribution is -0.114. The van der Waals surface area contributed by atoms with Gasteiger partial charge in [-0.2, -0.15) is 4.98 Å². The van der Waals surface area contributed by atoms with Crippen molar-refractivity contribution in [2.75, 3.05) is 42.7 Å². The highest BCUT2D eigenvalue weighted by Crippen LogP contribution is 2.19. The number of benzene rings is 1. The average molecular weight is 407 g/mol. The molecule has 2 rings (SSSR count). The van der Waals surface area contributed by atoms with Gasteiger partial charge in [0.25, 0.3) is 0 Å². The molecule has 9 nitrogen and oxygen atoms in total. The van der Waals surface area contributed by atoms with Gasteiger partial charge >= 0.3 is 0 Å². The van der Waals surface area contributed by atoms with Gasteiger partial charge in [0.15, 0.2) is 0 Å². The molecule has 152 valence electrons. The van der Waals surface area contributed by atoms with Crippen molar-refractivity contribution >= 4 is 33.4 Å². The minimum Gasteiger partial charge on any atom is -0.363 e. The lowest BCUT2D eigenvalue weighted by Crippen LogP contribution is -2.29. The lowest BCUT2D eigenvalue weighted by atomic mass is 10.2. The molecule has 1 aromatic heterocycles. The maximum atomic E-state index is 12.5. The second kappa shape index (κ2) is 8.98. The second-order valence-corrected chi connectivity index (χ2v) is 8.31. The van der Waals surface area contributed by atoms with Crippen molar-refractivity contribution in [3.05, 3.63) is 35.5 Å². The van der Waals surface area contributed by atoms with E-state index in [1.54, 1.807) is 19.1 Å². The monoisotopic (exact) mass is 406 g/mol. The number of aryl methyl sites for hydroxylation is 2. The molecule has 0 atom stereocenters.